The van der Waals surface area contributed by atoms with Gasteiger partial charge in [0.1, 0.15) is 5.69 Å². The first kappa shape index (κ1) is 20.8. The van der Waals surface area contributed by atoms with Crippen LogP contribution in [0.4, 0.5) is 0 Å². The summed E-state index contributed by atoms with van der Waals surface area (Å²) in [5.41, 5.74) is 4.89. The van der Waals surface area contributed by atoms with Crippen LogP contribution < -0.4 is 16.0 Å². The molecule has 2 aromatic rings. The molecule has 4 rings (SSSR count). The highest BCUT2D eigenvalue weighted by Gasteiger charge is 2.35. The Labute approximate surface area is 183 Å². The molecule has 0 aliphatic heterocycles. The van der Waals surface area contributed by atoms with Gasteiger partial charge in [-0.2, -0.15) is 5.26 Å². The van der Waals surface area contributed by atoms with E-state index in [0.717, 1.165) is 17.5 Å². The van der Waals surface area contributed by atoms with Crippen LogP contribution >= 0.6 is 11.3 Å². The number of fused-ring (bicyclic) bond motifs is 1. The largest absolute Gasteiger partial charge is 0.349 e. The minimum Gasteiger partial charge on any atom is -0.349 e. The molecule has 0 spiro atoms. The van der Waals surface area contributed by atoms with Gasteiger partial charge in [-0.15, -0.1) is 11.3 Å². The fraction of sp³-hybridized carbons (Fsp3) is 0.318. The molecule has 2 aliphatic carbocycles. The van der Waals surface area contributed by atoms with Crippen molar-refractivity contribution in [3.63, 3.8) is 0 Å². The molecule has 0 saturated carbocycles. The first-order valence-corrected chi connectivity index (χ1v) is 11.0. The van der Waals surface area contributed by atoms with Gasteiger partial charge in [0.15, 0.2) is 0 Å². The fourth-order valence-electron chi connectivity index (χ4n) is 4.09. The van der Waals surface area contributed by atoms with Gasteiger partial charge in [0.05, 0.1) is 30.2 Å². The minimum atomic E-state index is -0.409. The van der Waals surface area contributed by atoms with Crippen LogP contribution in [0.25, 0.3) is 0 Å². The van der Waals surface area contributed by atoms with E-state index in [1.54, 1.807) is 10.9 Å². The SMILES string of the molecule is N#CC1=C(C(=O)N[C@@H]2c3ccccc3C[C@H]2NC(=O)CNC(=O)c2cscn2)CCC1. The number of amides is 3. The van der Waals surface area contributed by atoms with E-state index in [0.29, 0.717) is 30.4 Å². The number of allylic oxidation sites excluding steroid dienone is 1. The van der Waals surface area contributed by atoms with Crippen molar-refractivity contribution in [3.05, 3.63) is 63.1 Å². The normalized spacial score (nSPS) is 19.5. The van der Waals surface area contributed by atoms with E-state index in [-0.39, 0.29) is 30.1 Å². The van der Waals surface area contributed by atoms with Gasteiger partial charge in [0, 0.05) is 16.5 Å². The van der Waals surface area contributed by atoms with Gasteiger partial charge in [-0.1, -0.05) is 24.3 Å². The second-order valence-corrected chi connectivity index (χ2v) is 8.23. The quantitative estimate of drug-likeness (QED) is 0.638. The zero-order valence-electron chi connectivity index (χ0n) is 16.7. The highest BCUT2D eigenvalue weighted by atomic mass is 32.1. The van der Waals surface area contributed by atoms with Crippen LogP contribution in [0.2, 0.25) is 0 Å². The number of carbonyl (C=O) groups is 3. The number of nitrogens with one attached hydrogen (secondary N) is 3. The Morgan fingerprint density at radius 2 is 2.00 bits per heavy atom. The van der Waals surface area contributed by atoms with Crippen LogP contribution in [0.5, 0.6) is 0 Å². The number of nitrogens with zero attached hydrogens (tertiary/aromatic N) is 2. The fourth-order valence-corrected chi connectivity index (χ4v) is 4.62. The lowest BCUT2D eigenvalue weighted by atomic mass is 10.1. The van der Waals surface area contributed by atoms with Gasteiger partial charge in [-0.3, -0.25) is 14.4 Å². The summed E-state index contributed by atoms with van der Waals surface area (Å²) in [6.45, 7) is -0.187. The minimum absolute atomic E-state index is 0.187. The average molecular weight is 436 g/mol. The molecule has 2 aliphatic rings. The third-order valence-electron chi connectivity index (χ3n) is 5.57. The molecule has 0 fully saturated rings. The first-order valence-electron chi connectivity index (χ1n) is 10.0. The molecule has 8 nitrogen and oxygen atoms in total. The predicted octanol–water partition coefficient (Wildman–Crippen LogP) is 1.78. The Morgan fingerprint density at radius 1 is 1.16 bits per heavy atom. The molecule has 1 aromatic heterocycles. The number of hydrogen-bond donors (Lipinski definition) is 3. The van der Waals surface area contributed by atoms with Crippen molar-refractivity contribution < 1.29 is 14.4 Å². The van der Waals surface area contributed by atoms with Crippen LogP contribution in [0.3, 0.4) is 0 Å². The third-order valence-corrected chi connectivity index (χ3v) is 6.15. The maximum Gasteiger partial charge on any atom is 0.271 e. The van der Waals surface area contributed by atoms with Crippen molar-refractivity contribution in [2.24, 2.45) is 0 Å². The zero-order valence-corrected chi connectivity index (χ0v) is 17.5. The van der Waals surface area contributed by atoms with Gasteiger partial charge in [-0.25, -0.2) is 4.98 Å². The van der Waals surface area contributed by atoms with Crippen molar-refractivity contribution in [1.29, 1.82) is 5.26 Å². The summed E-state index contributed by atoms with van der Waals surface area (Å²) in [6, 6.07) is 9.09. The summed E-state index contributed by atoms with van der Waals surface area (Å²) >= 11 is 1.30. The van der Waals surface area contributed by atoms with E-state index in [1.807, 2.05) is 24.3 Å². The molecule has 2 atom stereocenters. The molecule has 1 aromatic carbocycles. The number of thiazole rings is 1. The summed E-state index contributed by atoms with van der Waals surface area (Å²) in [4.78, 5) is 41.3. The average Bonchev–Trinajstić information content (AvgIpc) is 3.52. The molecule has 1 heterocycles. The lowest BCUT2D eigenvalue weighted by molar-refractivity contribution is -0.122. The van der Waals surface area contributed by atoms with Gasteiger partial charge >= 0.3 is 0 Å². The molecule has 158 valence electrons. The van der Waals surface area contributed by atoms with Crippen molar-refractivity contribution in [3.8, 4) is 6.07 Å². The summed E-state index contributed by atoms with van der Waals surface area (Å²) in [5.74, 6) is -1.02. The van der Waals surface area contributed by atoms with Gasteiger partial charge < -0.3 is 16.0 Å². The first-order chi connectivity index (χ1) is 15.1. The smallest absolute Gasteiger partial charge is 0.271 e. The second-order valence-electron chi connectivity index (χ2n) is 7.51. The molecular weight excluding hydrogens is 414 g/mol. The Morgan fingerprint density at radius 3 is 2.77 bits per heavy atom. The molecular formula is C22H21N5O3S. The van der Waals surface area contributed by atoms with Crippen LogP contribution in [0, 0.1) is 11.3 Å². The Kier molecular flexibility index (Phi) is 6.09. The Balaban J connectivity index is 1.43. The summed E-state index contributed by atoms with van der Waals surface area (Å²) in [6.07, 6.45) is 2.57. The predicted molar refractivity (Wildman–Crippen MR) is 114 cm³/mol. The van der Waals surface area contributed by atoms with Crippen LogP contribution in [0.15, 0.2) is 46.3 Å². The van der Waals surface area contributed by atoms with Crippen LogP contribution in [0.1, 0.15) is 46.9 Å². The van der Waals surface area contributed by atoms with E-state index < -0.39 is 11.9 Å². The van der Waals surface area contributed by atoms with Crippen LogP contribution in [-0.2, 0) is 16.0 Å². The molecule has 3 N–H and O–H groups in total. The number of nitriles is 1. The summed E-state index contributed by atoms with van der Waals surface area (Å²) in [7, 11) is 0. The molecule has 0 unspecified atom stereocenters. The number of aromatic nitrogens is 1. The highest BCUT2D eigenvalue weighted by Crippen LogP contribution is 2.33. The third kappa shape index (κ3) is 4.49. The van der Waals surface area contributed by atoms with Gasteiger partial charge in [-0.05, 0) is 36.8 Å². The molecule has 0 bridgehead atoms. The lowest BCUT2D eigenvalue weighted by Crippen LogP contribution is -2.47. The number of rotatable bonds is 6. The molecule has 9 heteroatoms. The number of benzene rings is 1. The van der Waals surface area contributed by atoms with E-state index in [9.17, 15) is 19.6 Å². The Bertz CT molecular complexity index is 1090. The van der Waals surface area contributed by atoms with E-state index in [4.69, 9.17) is 0 Å². The monoisotopic (exact) mass is 435 g/mol. The number of carbonyl (C=O) groups excluding carboxylic acids is 3. The molecule has 0 saturated heterocycles. The van der Waals surface area contributed by atoms with Crippen molar-refractivity contribution in [2.75, 3.05) is 6.54 Å². The summed E-state index contributed by atoms with van der Waals surface area (Å²) < 4.78 is 0. The van der Waals surface area contributed by atoms with Crippen molar-refractivity contribution in [1.82, 2.24) is 20.9 Å². The van der Waals surface area contributed by atoms with Gasteiger partial charge in [0.2, 0.25) is 11.8 Å². The number of hydrogen-bond acceptors (Lipinski definition) is 6. The van der Waals surface area contributed by atoms with Crippen LogP contribution in [-0.4, -0.2) is 35.3 Å². The highest BCUT2D eigenvalue weighted by molar-refractivity contribution is 7.07. The zero-order chi connectivity index (χ0) is 21.8. The molecule has 0 radical (unpaired) electrons. The van der Waals surface area contributed by atoms with Crippen molar-refractivity contribution >= 4 is 29.1 Å². The lowest BCUT2D eigenvalue weighted by Gasteiger charge is -2.23. The van der Waals surface area contributed by atoms with Crippen molar-refractivity contribution in [2.45, 2.75) is 37.8 Å². The van der Waals surface area contributed by atoms with E-state index >= 15 is 0 Å². The standard InChI is InChI=1S/C22H21N5O3S/c23-9-14-5-3-7-16(14)21(29)27-20-15-6-2-1-4-13(15)8-17(20)26-19(28)10-24-22(30)18-11-31-12-25-18/h1-2,4,6,11-12,17,20H,3,5,7-8,10H2,(H,24,30)(H,26,28)(H,27,29)/t17-,20-/m1/s1. The Hall–Kier alpha value is -3.51. The maximum atomic E-state index is 12.9. The van der Waals surface area contributed by atoms with E-state index in [1.165, 1.54) is 11.3 Å². The maximum absolute atomic E-state index is 12.9. The topological polar surface area (TPSA) is 124 Å². The molecule has 3 amide bonds. The van der Waals surface area contributed by atoms with Gasteiger partial charge in [0.25, 0.3) is 5.91 Å². The van der Waals surface area contributed by atoms with E-state index in [2.05, 4.69) is 27.0 Å². The molecule has 31 heavy (non-hydrogen) atoms. The summed E-state index contributed by atoms with van der Waals surface area (Å²) in [5, 5.41) is 19.4. The second kappa shape index (κ2) is 9.10.